The molecule has 0 spiro atoms. The van der Waals surface area contributed by atoms with Gasteiger partial charge in [-0.1, -0.05) is 19.8 Å². The number of hydrogen-bond donors (Lipinski definition) is 3. The number of carbonyl (C=O) groups excluding carboxylic acids is 2. The second-order valence-electron chi connectivity index (χ2n) is 3.32. The molecule has 0 aliphatic rings. The largest absolute Gasteiger partial charge is 0.357 e. The summed E-state index contributed by atoms with van der Waals surface area (Å²) in [5.74, 6) is -0.600. The quantitative estimate of drug-likeness (QED) is 0.401. The van der Waals surface area contributed by atoms with Crippen LogP contribution in [0.4, 0.5) is 0 Å². The van der Waals surface area contributed by atoms with Gasteiger partial charge in [-0.05, 0) is 13.0 Å². The van der Waals surface area contributed by atoms with Gasteiger partial charge in [0.05, 0.1) is 0 Å². The molecule has 0 aliphatic carbocycles. The maximum atomic E-state index is 11.3. The molecule has 0 rings (SSSR count). The summed E-state index contributed by atoms with van der Waals surface area (Å²) >= 11 is 0. The smallest absolute Gasteiger partial charge is 0.246 e. The van der Waals surface area contributed by atoms with Crippen molar-refractivity contribution in [2.24, 2.45) is 0 Å². The van der Waals surface area contributed by atoms with Gasteiger partial charge in [0.1, 0.15) is 0 Å². The highest BCUT2D eigenvalue weighted by atomic mass is 16.2. The SMILES string of the molecule is CCCCCNC(C(=O)NC)C(=O)NC. The van der Waals surface area contributed by atoms with Crippen LogP contribution in [0.1, 0.15) is 26.2 Å². The summed E-state index contributed by atoms with van der Waals surface area (Å²) in [6.07, 6.45) is 3.19. The molecular weight excluding hydrogens is 194 g/mol. The fourth-order valence-corrected chi connectivity index (χ4v) is 1.21. The predicted octanol–water partition coefficient (Wildman–Crippen LogP) is -0.373. The van der Waals surface area contributed by atoms with Gasteiger partial charge in [0.15, 0.2) is 6.04 Å². The zero-order chi connectivity index (χ0) is 11.7. The van der Waals surface area contributed by atoms with Crippen molar-refractivity contribution >= 4 is 11.8 Å². The van der Waals surface area contributed by atoms with Crippen molar-refractivity contribution in [3.8, 4) is 0 Å². The molecule has 0 aromatic carbocycles. The maximum Gasteiger partial charge on any atom is 0.246 e. The summed E-state index contributed by atoms with van der Waals surface area (Å²) in [5, 5.41) is 7.85. The molecule has 0 radical (unpaired) electrons. The van der Waals surface area contributed by atoms with Crippen LogP contribution < -0.4 is 16.0 Å². The average Bonchev–Trinajstić information content (AvgIpc) is 2.27. The molecule has 5 nitrogen and oxygen atoms in total. The lowest BCUT2D eigenvalue weighted by atomic mass is 10.2. The van der Waals surface area contributed by atoms with Gasteiger partial charge in [-0.25, -0.2) is 0 Å². The van der Waals surface area contributed by atoms with E-state index in [1.165, 1.54) is 14.1 Å². The zero-order valence-corrected chi connectivity index (χ0v) is 9.72. The van der Waals surface area contributed by atoms with Gasteiger partial charge < -0.3 is 10.6 Å². The fourth-order valence-electron chi connectivity index (χ4n) is 1.21. The summed E-state index contributed by atoms with van der Waals surface area (Å²) in [4.78, 5) is 22.7. The highest BCUT2D eigenvalue weighted by Crippen LogP contribution is 1.93. The molecule has 0 heterocycles. The van der Waals surface area contributed by atoms with Crippen molar-refractivity contribution in [3.05, 3.63) is 0 Å². The molecule has 2 amide bonds. The van der Waals surface area contributed by atoms with E-state index in [4.69, 9.17) is 0 Å². The predicted molar refractivity (Wildman–Crippen MR) is 59.4 cm³/mol. The summed E-state index contributed by atoms with van der Waals surface area (Å²) < 4.78 is 0. The highest BCUT2D eigenvalue weighted by molar-refractivity contribution is 6.04. The molecule has 0 aromatic rings. The van der Waals surface area contributed by atoms with Crippen molar-refractivity contribution in [2.45, 2.75) is 32.2 Å². The Balaban J connectivity index is 4.02. The lowest BCUT2D eigenvalue weighted by Crippen LogP contribution is -2.52. The number of nitrogens with one attached hydrogen (secondary N) is 3. The van der Waals surface area contributed by atoms with E-state index in [2.05, 4.69) is 22.9 Å². The molecular formula is C10H21N3O2. The highest BCUT2D eigenvalue weighted by Gasteiger charge is 2.23. The first-order chi connectivity index (χ1) is 7.17. The van der Waals surface area contributed by atoms with Gasteiger partial charge in [0, 0.05) is 14.1 Å². The van der Waals surface area contributed by atoms with E-state index in [0.717, 1.165) is 19.3 Å². The molecule has 5 heteroatoms. The van der Waals surface area contributed by atoms with E-state index in [0.29, 0.717) is 6.54 Å². The third kappa shape index (κ3) is 5.37. The van der Waals surface area contributed by atoms with Crippen LogP contribution >= 0.6 is 0 Å². The monoisotopic (exact) mass is 215 g/mol. The Bertz CT molecular complexity index is 191. The van der Waals surface area contributed by atoms with Crippen LogP contribution in [-0.2, 0) is 9.59 Å². The Hall–Kier alpha value is -1.10. The standard InChI is InChI=1S/C10H21N3O2/c1-4-5-6-7-13-8(9(14)11-2)10(15)12-3/h8,13H,4-7H2,1-3H3,(H,11,14)(H,12,15). The van der Waals surface area contributed by atoms with Crippen molar-refractivity contribution in [2.75, 3.05) is 20.6 Å². The van der Waals surface area contributed by atoms with Crippen molar-refractivity contribution < 1.29 is 9.59 Å². The van der Waals surface area contributed by atoms with Crippen LogP contribution in [0.5, 0.6) is 0 Å². The molecule has 0 aromatic heterocycles. The van der Waals surface area contributed by atoms with Gasteiger partial charge in [-0.2, -0.15) is 0 Å². The molecule has 0 unspecified atom stereocenters. The fraction of sp³-hybridized carbons (Fsp3) is 0.800. The van der Waals surface area contributed by atoms with E-state index in [9.17, 15) is 9.59 Å². The third-order valence-electron chi connectivity index (χ3n) is 2.15. The summed E-state index contributed by atoms with van der Waals surface area (Å²) in [6.45, 7) is 2.79. The maximum absolute atomic E-state index is 11.3. The summed E-state index contributed by atoms with van der Waals surface area (Å²) in [7, 11) is 3.04. The zero-order valence-electron chi connectivity index (χ0n) is 9.72. The number of hydrogen-bond acceptors (Lipinski definition) is 3. The van der Waals surface area contributed by atoms with Crippen LogP contribution in [0, 0.1) is 0 Å². The Morgan fingerprint density at radius 2 is 1.60 bits per heavy atom. The number of amides is 2. The van der Waals surface area contributed by atoms with Gasteiger partial charge in [-0.15, -0.1) is 0 Å². The molecule has 15 heavy (non-hydrogen) atoms. The second kappa shape index (κ2) is 8.23. The van der Waals surface area contributed by atoms with Crippen LogP contribution in [0.3, 0.4) is 0 Å². The Morgan fingerprint density at radius 3 is 2.00 bits per heavy atom. The molecule has 0 saturated carbocycles. The van der Waals surface area contributed by atoms with Gasteiger partial charge in [0.25, 0.3) is 0 Å². The van der Waals surface area contributed by atoms with E-state index in [1.807, 2.05) is 0 Å². The molecule has 0 saturated heterocycles. The Labute approximate surface area is 91.0 Å². The van der Waals surface area contributed by atoms with Crippen LogP contribution in [0.25, 0.3) is 0 Å². The minimum absolute atomic E-state index is 0.300. The van der Waals surface area contributed by atoms with Crippen molar-refractivity contribution in [1.29, 1.82) is 0 Å². The minimum atomic E-state index is -0.781. The Morgan fingerprint density at radius 1 is 1.07 bits per heavy atom. The molecule has 3 N–H and O–H groups in total. The van der Waals surface area contributed by atoms with E-state index in [-0.39, 0.29) is 11.8 Å². The normalized spacial score (nSPS) is 10.1. The first-order valence-electron chi connectivity index (χ1n) is 5.33. The first-order valence-corrected chi connectivity index (χ1v) is 5.33. The topological polar surface area (TPSA) is 70.2 Å². The number of unbranched alkanes of at least 4 members (excludes halogenated alkanes) is 2. The number of likely N-dealkylation sites (N-methyl/N-ethyl adjacent to an activating group) is 2. The van der Waals surface area contributed by atoms with E-state index < -0.39 is 6.04 Å². The lowest BCUT2D eigenvalue weighted by Gasteiger charge is -2.15. The summed E-state index contributed by atoms with van der Waals surface area (Å²) in [5.41, 5.74) is 0. The van der Waals surface area contributed by atoms with Crippen LogP contribution in [-0.4, -0.2) is 38.5 Å². The molecule has 0 aliphatic heterocycles. The summed E-state index contributed by atoms with van der Waals surface area (Å²) in [6, 6.07) is -0.781. The third-order valence-corrected chi connectivity index (χ3v) is 2.15. The lowest BCUT2D eigenvalue weighted by molar-refractivity contribution is -0.131. The molecule has 88 valence electrons. The minimum Gasteiger partial charge on any atom is -0.357 e. The van der Waals surface area contributed by atoms with E-state index >= 15 is 0 Å². The number of rotatable bonds is 7. The number of carbonyl (C=O) groups is 2. The van der Waals surface area contributed by atoms with Crippen molar-refractivity contribution in [1.82, 2.24) is 16.0 Å². The average molecular weight is 215 g/mol. The molecule has 0 bridgehead atoms. The van der Waals surface area contributed by atoms with Crippen LogP contribution in [0.15, 0.2) is 0 Å². The van der Waals surface area contributed by atoms with Gasteiger partial charge in [-0.3, -0.25) is 14.9 Å². The van der Waals surface area contributed by atoms with Gasteiger partial charge >= 0.3 is 0 Å². The van der Waals surface area contributed by atoms with Gasteiger partial charge in [0.2, 0.25) is 11.8 Å². The van der Waals surface area contributed by atoms with E-state index in [1.54, 1.807) is 0 Å². The van der Waals surface area contributed by atoms with Crippen molar-refractivity contribution in [3.63, 3.8) is 0 Å². The molecule has 0 fully saturated rings. The Kier molecular flexibility index (Phi) is 7.62. The first kappa shape index (κ1) is 13.9. The second-order valence-corrected chi connectivity index (χ2v) is 3.32. The molecule has 0 atom stereocenters. The van der Waals surface area contributed by atoms with Crippen LogP contribution in [0.2, 0.25) is 0 Å².